The fourth-order valence-corrected chi connectivity index (χ4v) is 1.80. The van der Waals surface area contributed by atoms with Crippen LogP contribution in [0.4, 0.5) is 0 Å². The van der Waals surface area contributed by atoms with Crippen LogP contribution in [-0.2, 0) is 47.6 Å². The number of ketones is 1. The minimum absolute atomic E-state index is 0.00645. The van der Waals surface area contributed by atoms with Gasteiger partial charge in [0.25, 0.3) is 0 Å². The zero-order chi connectivity index (χ0) is 22.8. The molecule has 30 heavy (non-hydrogen) atoms. The van der Waals surface area contributed by atoms with Gasteiger partial charge in [0, 0.05) is 6.42 Å². The van der Waals surface area contributed by atoms with Gasteiger partial charge in [0.2, 0.25) is 5.78 Å². The van der Waals surface area contributed by atoms with Crippen molar-refractivity contribution in [1.29, 1.82) is 0 Å². The quantitative estimate of drug-likeness (QED) is 0.181. The molecule has 0 fully saturated rings. The summed E-state index contributed by atoms with van der Waals surface area (Å²) in [4.78, 5) is 43.8. The Morgan fingerprint density at radius 3 is 1.60 bits per heavy atom. The molecule has 0 aliphatic rings. The molecule has 0 aliphatic carbocycles. The van der Waals surface area contributed by atoms with Crippen molar-refractivity contribution in [2.24, 2.45) is 0 Å². The third kappa shape index (κ3) is 19.2. The molecule has 0 amide bonds. The number of carbonyl (C=O) groups excluding carboxylic acids is 3. The highest BCUT2D eigenvalue weighted by Crippen LogP contribution is 2.06. The lowest BCUT2D eigenvalue weighted by atomic mass is 10.2. The molecule has 11 heteroatoms. The number of carbonyl (C=O) groups is 4. The maximum Gasteiger partial charge on any atom is 0.372 e. The van der Waals surface area contributed by atoms with E-state index in [4.69, 9.17) is 33.5 Å². The van der Waals surface area contributed by atoms with E-state index in [1.54, 1.807) is 20.8 Å². The first-order valence-electron chi connectivity index (χ1n) is 9.56. The predicted molar refractivity (Wildman–Crippen MR) is 102 cm³/mol. The first kappa shape index (κ1) is 27.9. The Morgan fingerprint density at radius 2 is 1.13 bits per heavy atom. The third-order valence-corrected chi connectivity index (χ3v) is 3.04. The second kappa shape index (κ2) is 16.7. The van der Waals surface area contributed by atoms with Crippen LogP contribution in [0.2, 0.25) is 0 Å². The summed E-state index contributed by atoms with van der Waals surface area (Å²) in [6.07, 6.45) is -0.666. The van der Waals surface area contributed by atoms with Crippen molar-refractivity contribution in [3.05, 3.63) is 0 Å². The average Bonchev–Trinajstić information content (AvgIpc) is 2.64. The van der Waals surface area contributed by atoms with Gasteiger partial charge >= 0.3 is 17.9 Å². The minimum Gasteiger partial charge on any atom is -0.476 e. The molecule has 0 aromatic heterocycles. The van der Waals surface area contributed by atoms with E-state index >= 15 is 0 Å². The van der Waals surface area contributed by atoms with Gasteiger partial charge in [0.05, 0.1) is 52.7 Å². The summed E-state index contributed by atoms with van der Waals surface area (Å²) >= 11 is 0. The highest BCUT2D eigenvalue weighted by Gasteiger charge is 2.16. The van der Waals surface area contributed by atoms with Gasteiger partial charge in [-0.2, -0.15) is 0 Å². The Hall–Kier alpha value is -2.08. The van der Waals surface area contributed by atoms with Crippen LogP contribution >= 0.6 is 0 Å². The summed E-state index contributed by atoms with van der Waals surface area (Å²) < 4.78 is 30.8. The molecule has 0 aromatic carbocycles. The number of hydrogen-bond acceptors (Lipinski definition) is 10. The fraction of sp³-hybridized carbons (Fsp3) is 0.789. The van der Waals surface area contributed by atoms with E-state index in [0.29, 0.717) is 33.0 Å². The Bertz CT molecular complexity index is 525. The zero-order valence-corrected chi connectivity index (χ0v) is 17.8. The molecular formula is C19H32O11. The Kier molecular flexibility index (Phi) is 15.5. The molecule has 0 aliphatic heterocycles. The van der Waals surface area contributed by atoms with Crippen LogP contribution in [0.25, 0.3) is 0 Å². The van der Waals surface area contributed by atoms with Crippen molar-refractivity contribution in [3.8, 4) is 0 Å². The molecule has 0 bridgehead atoms. The van der Waals surface area contributed by atoms with Crippen LogP contribution < -0.4 is 0 Å². The maximum atomic E-state index is 11.4. The van der Waals surface area contributed by atoms with Crippen LogP contribution in [-0.4, -0.2) is 93.9 Å². The van der Waals surface area contributed by atoms with Gasteiger partial charge in [-0.05, 0) is 20.8 Å². The number of carboxylic acids is 1. The first-order valence-corrected chi connectivity index (χ1v) is 9.56. The third-order valence-electron chi connectivity index (χ3n) is 3.04. The van der Waals surface area contributed by atoms with Gasteiger partial charge < -0.3 is 33.5 Å². The van der Waals surface area contributed by atoms with E-state index in [0.717, 1.165) is 0 Å². The lowest BCUT2D eigenvalue weighted by Gasteiger charge is -2.19. The number of esters is 2. The molecule has 0 radical (unpaired) electrons. The minimum atomic E-state index is -1.57. The van der Waals surface area contributed by atoms with Crippen LogP contribution in [0.1, 0.15) is 33.6 Å². The molecule has 0 unspecified atom stereocenters. The number of carboxylic acid groups (broad SMARTS) is 1. The van der Waals surface area contributed by atoms with Crippen LogP contribution in [0, 0.1) is 0 Å². The zero-order valence-electron chi connectivity index (χ0n) is 17.8. The second-order valence-electron chi connectivity index (χ2n) is 6.92. The highest BCUT2D eigenvalue weighted by atomic mass is 16.6. The monoisotopic (exact) mass is 436 g/mol. The number of Topliss-reactive ketones (excluding diaryl/α,β-unsaturated/α-hetero) is 1. The standard InChI is InChI=1S/C19H32O11/c1-19(2,3)30-17(22)14-28-11-10-26-7-6-25-8-9-27-12-13-29-16(21)5-4-15(20)18(23)24/h4-14H2,1-3H3,(H,23,24). The van der Waals surface area contributed by atoms with Crippen molar-refractivity contribution in [2.45, 2.75) is 39.2 Å². The molecule has 0 spiro atoms. The van der Waals surface area contributed by atoms with Crippen molar-refractivity contribution in [1.82, 2.24) is 0 Å². The van der Waals surface area contributed by atoms with Gasteiger partial charge in [0.15, 0.2) is 0 Å². The summed E-state index contributed by atoms with van der Waals surface area (Å²) in [6, 6.07) is 0. The summed E-state index contributed by atoms with van der Waals surface area (Å²) in [5.41, 5.74) is -0.534. The maximum absolute atomic E-state index is 11.4. The normalized spacial score (nSPS) is 11.2. The van der Waals surface area contributed by atoms with Gasteiger partial charge in [-0.3, -0.25) is 9.59 Å². The Labute approximate surface area is 175 Å². The second-order valence-corrected chi connectivity index (χ2v) is 6.92. The molecule has 1 N–H and O–H groups in total. The van der Waals surface area contributed by atoms with E-state index in [1.807, 2.05) is 0 Å². The van der Waals surface area contributed by atoms with Gasteiger partial charge in [-0.15, -0.1) is 0 Å². The van der Waals surface area contributed by atoms with E-state index < -0.39 is 29.3 Å². The molecule has 174 valence electrons. The molecule has 0 aromatic rings. The smallest absolute Gasteiger partial charge is 0.372 e. The molecule has 0 saturated heterocycles. The van der Waals surface area contributed by atoms with Crippen molar-refractivity contribution >= 4 is 23.7 Å². The lowest BCUT2D eigenvalue weighted by Crippen LogP contribution is -2.27. The molecule has 0 saturated carbocycles. The number of ether oxygens (including phenoxy) is 6. The molecule has 0 rings (SSSR count). The first-order chi connectivity index (χ1) is 14.1. The van der Waals surface area contributed by atoms with E-state index in [-0.39, 0.29) is 39.3 Å². The van der Waals surface area contributed by atoms with Crippen LogP contribution in [0.5, 0.6) is 0 Å². The summed E-state index contributed by atoms with van der Waals surface area (Å²) in [6.45, 7) is 7.35. The van der Waals surface area contributed by atoms with E-state index in [1.165, 1.54) is 0 Å². The van der Waals surface area contributed by atoms with Crippen molar-refractivity contribution < 1.29 is 52.7 Å². The van der Waals surface area contributed by atoms with Gasteiger partial charge in [-0.25, -0.2) is 9.59 Å². The lowest BCUT2D eigenvalue weighted by molar-refractivity contribution is -0.160. The highest BCUT2D eigenvalue weighted by molar-refractivity contribution is 6.32. The number of aliphatic carboxylic acids is 1. The number of hydrogen-bond donors (Lipinski definition) is 1. The van der Waals surface area contributed by atoms with E-state index in [9.17, 15) is 19.2 Å². The average molecular weight is 436 g/mol. The van der Waals surface area contributed by atoms with E-state index in [2.05, 4.69) is 0 Å². The van der Waals surface area contributed by atoms with Crippen LogP contribution in [0.3, 0.4) is 0 Å². The fourth-order valence-electron chi connectivity index (χ4n) is 1.80. The SMILES string of the molecule is CC(C)(C)OC(=O)COCCOCCOCCOCCOC(=O)CCC(=O)C(=O)O. The Balaban J connectivity index is 3.32. The largest absolute Gasteiger partial charge is 0.476 e. The topological polar surface area (TPSA) is 144 Å². The van der Waals surface area contributed by atoms with Crippen molar-refractivity contribution in [2.75, 3.05) is 59.5 Å². The van der Waals surface area contributed by atoms with Crippen LogP contribution in [0.15, 0.2) is 0 Å². The number of rotatable bonds is 18. The van der Waals surface area contributed by atoms with Gasteiger partial charge in [0.1, 0.15) is 18.8 Å². The van der Waals surface area contributed by atoms with Gasteiger partial charge in [-0.1, -0.05) is 0 Å². The summed E-state index contributed by atoms with van der Waals surface area (Å²) in [7, 11) is 0. The molecule has 0 atom stereocenters. The molecule has 11 nitrogen and oxygen atoms in total. The Morgan fingerprint density at radius 1 is 0.667 bits per heavy atom. The molecular weight excluding hydrogens is 404 g/mol. The summed E-state index contributed by atoms with van der Waals surface area (Å²) in [5, 5.41) is 8.38. The predicted octanol–water partition coefficient (Wildman–Crippen LogP) is 0.372. The molecule has 0 heterocycles. The summed E-state index contributed by atoms with van der Waals surface area (Å²) in [5.74, 6) is -3.67. The van der Waals surface area contributed by atoms with Crippen molar-refractivity contribution in [3.63, 3.8) is 0 Å².